The average Bonchev–Trinajstić information content (AvgIpc) is 2.52. The van der Waals surface area contributed by atoms with E-state index >= 15 is 0 Å². The SMILES string of the molecule is CC[C@H](C)NC(=O)NC(=O)CSc1ncnc2ccccc12. The zero-order valence-electron chi connectivity index (χ0n) is 12.5. The van der Waals surface area contributed by atoms with Gasteiger partial charge in [0.1, 0.15) is 11.4 Å². The molecule has 0 aliphatic carbocycles. The van der Waals surface area contributed by atoms with Gasteiger partial charge in [0.05, 0.1) is 11.3 Å². The van der Waals surface area contributed by atoms with Crippen LogP contribution in [0.15, 0.2) is 35.6 Å². The summed E-state index contributed by atoms with van der Waals surface area (Å²) in [5, 5.41) is 6.61. The Kier molecular flexibility index (Phi) is 5.71. The van der Waals surface area contributed by atoms with Gasteiger partial charge in [0.2, 0.25) is 5.91 Å². The first-order valence-electron chi connectivity index (χ1n) is 7.03. The predicted molar refractivity (Wildman–Crippen MR) is 86.7 cm³/mol. The number of benzene rings is 1. The molecule has 22 heavy (non-hydrogen) atoms. The van der Waals surface area contributed by atoms with Gasteiger partial charge in [0.25, 0.3) is 0 Å². The number of carbonyl (C=O) groups is 2. The van der Waals surface area contributed by atoms with Gasteiger partial charge in [-0.15, -0.1) is 0 Å². The fourth-order valence-electron chi connectivity index (χ4n) is 1.75. The van der Waals surface area contributed by atoms with Crippen LogP contribution in [0, 0.1) is 0 Å². The average molecular weight is 318 g/mol. The minimum atomic E-state index is -0.465. The van der Waals surface area contributed by atoms with E-state index in [1.54, 1.807) is 0 Å². The van der Waals surface area contributed by atoms with E-state index in [0.29, 0.717) is 0 Å². The van der Waals surface area contributed by atoms with Gasteiger partial charge in [-0.1, -0.05) is 36.9 Å². The van der Waals surface area contributed by atoms with Crippen molar-refractivity contribution in [3.05, 3.63) is 30.6 Å². The largest absolute Gasteiger partial charge is 0.335 e. The standard InChI is InChI=1S/C15H18N4O2S/c1-3-10(2)18-15(21)19-13(20)8-22-14-11-6-4-5-7-12(11)16-9-17-14/h4-7,9-10H,3,8H2,1-2H3,(H2,18,19,20,21)/t10-/m0/s1. The number of hydrogen-bond acceptors (Lipinski definition) is 5. The van der Waals surface area contributed by atoms with Gasteiger partial charge in [0.15, 0.2) is 0 Å². The molecule has 0 fully saturated rings. The molecule has 2 aromatic rings. The zero-order valence-corrected chi connectivity index (χ0v) is 13.3. The Labute approximate surface area is 133 Å². The molecule has 116 valence electrons. The van der Waals surface area contributed by atoms with Crippen LogP contribution in [0.4, 0.5) is 4.79 Å². The number of aromatic nitrogens is 2. The van der Waals surface area contributed by atoms with Crippen LogP contribution in [0.3, 0.4) is 0 Å². The van der Waals surface area contributed by atoms with Gasteiger partial charge >= 0.3 is 6.03 Å². The molecule has 7 heteroatoms. The van der Waals surface area contributed by atoms with E-state index in [-0.39, 0.29) is 17.7 Å². The van der Waals surface area contributed by atoms with Crippen molar-refractivity contribution in [3.63, 3.8) is 0 Å². The van der Waals surface area contributed by atoms with E-state index < -0.39 is 6.03 Å². The quantitative estimate of drug-likeness (QED) is 0.653. The third-order valence-corrected chi connectivity index (χ3v) is 4.09. The summed E-state index contributed by atoms with van der Waals surface area (Å²) in [5.74, 6) is -0.233. The Bertz CT molecular complexity index is 672. The molecule has 1 aromatic carbocycles. The number of nitrogens with zero attached hydrogens (tertiary/aromatic N) is 2. The molecule has 0 aliphatic heterocycles. The second-order valence-corrected chi connectivity index (χ2v) is 5.78. The van der Waals surface area contributed by atoms with E-state index in [9.17, 15) is 9.59 Å². The third kappa shape index (κ3) is 4.42. The van der Waals surface area contributed by atoms with Crippen molar-refractivity contribution in [3.8, 4) is 0 Å². The molecule has 0 spiro atoms. The van der Waals surface area contributed by atoms with Crippen molar-refractivity contribution in [2.45, 2.75) is 31.3 Å². The first-order chi connectivity index (χ1) is 10.6. The summed E-state index contributed by atoms with van der Waals surface area (Å²) in [6.07, 6.45) is 2.28. The molecule has 0 radical (unpaired) electrons. The highest BCUT2D eigenvalue weighted by molar-refractivity contribution is 8.00. The summed E-state index contributed by atoms with van der Waals surface area (Å²) in [4.78, 5) is 31.7. The summed E-state index contributed by atoms with van der Waals surface area (Å²) >= 11 is 1.28. The Hall–Kier alpha value is -2.15. The Morgan fingerprint density at radius 1 is 1.27 bits per heavy atom. The Morgan fingerprint density at radius 2 is 2.05 bits per heavy atom. The normalized spacial score (nSPS) is 11.9. The number of thioether (sulfide) groups is 1. The summed E-state index contributed by atoms with van der Waals surface area (Å²) in [7, 11) is 0. The van der Waals surface area contributed by atoms with Gasteiger partial charge in [-0.25, -0.2) is 14.8 Å². The number of nitrogens with one attached hydrogen (secondary N) is 2. The topological polar surface area (TPSA) is 84.0 Å². The van der Waals surface area contributed by atoms with E-state index in [4.69, 9.17) is 0 Å². The number of hydrogen-bond donors (Lipinski definition) is 2. The van der Waals surface area contributed by atoms with Gasteiger partial charge in [-0.3, -0.25) is 10.1 Å². The molecule has 0 bridgehead atoms. The smallest absolute Gasteiger partial charge is 0.321 e. The number of carbonyl (C=O) groups excluding carboxylic acids is 2. The maximum atomic E-state index is 11.8. The summed E-state index contributed by atoms with van der Waals surface area (Å²) in [5.41, 5.74) is 0.829. The van der Waals surface area contributed by atoms with Crippen LogP contribution in [0.5, 0.6) is 0 Å². The fourth-order valence-corrected chi connectivity index (χ4v) is 2.54. The molecular weight excluding hydrogens is 300 g/mol. The first kappa shape index (κ1) is 16.2. The van der Waals surface area contributed by atoms with Crippen LogP contribution in [0.2, 0.25) is 0 Å². The van der Waals surface area contributed by atoms with Gasteiger partial charge in [-0.2, -0.15) is 0 Å². The van der Waals surface area contributed by atoms with E-state index in [1.165, 1.54) is 18.1 Å². The molecule has 2 N–H and O–H groups in total. The molecular formula is C15H18N4O2S. The van der Waals surface area contributed by atoms with Crippen LogP contribution >= 0.6 is 11.8 Å². The van der Waals surface area contributed by atoms with Crippen molar-refractivity contribution in [1.82, 2.24) is 20.6 Å². The first-order valence-corrected chi connectivity index (χ1v) is 8.01. The molecule has 1 atom stereocenters. The minimum Gasteiger partial charge on any atom is -0.335 e. The van der Waals surface area contributed by atoms with Crippen LogP contribution in [0.1, 0.15) is 20.3 Å². The van der Waals surface area contributed by atoms with Gasteiger partial charge < -0.3 is 5.32 Å². The number of imide groups is 1. The second-order valence-electron chi connectivity index (χ2n) is 4.82. The van der Waals surface area contributed by atoms with E-state index in [2.05, 4.69) is 20.6 Å². The van der Waals surface area contributed by atoms with Crippen molar-refractivity contribution >= 4 is 34.6 Å². The molecule has 6 nitrogen and oxygen atoms in total. The molecule has 3 amide bonds. The lowest BCUT2D eigenvalue weighted by Crippen LogP contribution is -2.43. The zero-order chi connectivity index (χ0) is 15.9. The number of amides is 3. The Morgan fingerprint density at radius 3 is 2.82 bits per heavy atom. The van der Waals surface area contributed by atoms with Crippen molar-refractivity contribution in [1.29, 1.82) is 0 Å². The van der Waals surface area contributed by atoms with Crippen LogP contribution in [-0.4, -0.2) is 33.7 Å². The van der Waals surface area contributed by atoms with Crippen LogP contribution in [0.25, 0.3) is 10.9 Å². The summed E-state index contributed by atoms with van der Waals surface area (Å²) < 4.78 is 0. The lowest BCUT2D eigenvalue weighted by atomic mass is 10.2. The summed E-state index contributed by atoms with van der Waals surface area (Å²) in [6.45, 7) is 3.84. The van der Waals surface area contributed by atoms with E-state index in [1.807, 2.05) is 38.1 Å². The molecule has 2 rings (SSSR count). The Balaban J connectivity index is 1.92. The number of rotatable bonds is 5. The third-order valence-electron chi connectivity index (χ3n) is 3.09. The van der Waals surface area contributed by atoms with Gasteiger partial charge in [-0.05, 0) is 19.4 Å². The highest BCUT2D eigenvalue weighted by Crippen LogP contribution is 2.23. The fraction of sp³-hybridized carbons (Fsp3) is 0.333. The highest BCUT2D eigenvalue weighted by Gasteiger charge is 2.11. The molecule has 0 saturated carbocycles. The monoisotopic (exact) mass is 318 g/mol. The lowest BCUT2D eigenvalue weighted by Gasteiger charge is -2.11. The van der Waals surface area contributed by atoms with Crippen LogP contribution in [-0.2, 0) is 4.79 Å². The van der Waals surface area contributed by atoms with Crippen LogP contribution < -0.4 is 10.6 Å². The van der Waals surface area contributed by atoms with Crippen molar-refractivity contribution in [2.75, 3.05) is 5.75 Å². The maximum Gasteiger partial charge on any atom is 0.321 e. The molecule has 1 heterocycles. The maximum absolute atomic E-state index is 11.8. The van der Waals surface area contributed by atoms with Crippen molar-refractivity contribution in [2.24, 2.45) is 0 Å². The number of fused-ring (bicyclic) bond motifs is 1. The molecule has 1 aromatic heterocycles. The van der Waals surface area contributed by atoms with Crippen molar-refractivity contribution < 1.29 is 9.59 Å². The minimum absolute atomic E-state index is 0.0336. The lowest BCUT2D eigenvalue weighted by molar-refractivity contribution is -0.117. The highest BCUT2D eigenvalue weighted by atomic mass is 32.2. The predicted octanol–water partition coefficient (Wildman–Crippen LogP) is 2.35. The van der Waals surface area contributed by atoms with Gasteiger partial charge in [0, 0.05) is 11.4 Å². The second kappa shape index (κ2) is 7.74. The molecule has 0 aliphatic rings. The number of urea groups is 1. The molecule has 0 saturated heterocycles. The number of para-hydroxylation sites is 1. The van der Waals surface area contributed by atoms with E-state index in [0.717, 1.165) is 22.3 Å². The molecule has 0 unspecified atom stereocenters. The summed E-state index contributed by atoms with van der Waals surface area (Å²) in [6, 6.07) is 7.16.